The van der Waals surface area contributed by atoms with Gasteiger partial charge in [-0.25, -0.2) is 11.7 Å². The lowest BCUT2D eigenvalue weighted by atomic mass is 10.3. The van der Waals surface area contributed by atoms with Gasteiger partial charge in [-0.05, 0) is 24.3 Å². The number of amides is 2. The molecule has 0 heterocycles. The molecule has 0 saturated carbocycles. The molecule has 8 heteroatoms. The van der Waals surface area contributed by atoms with Gasteiger partial charge in [0.25, 0.3) is 11.8 Å². The van der Waals surface area contributed by atoms with Gasteiger partial charge in [-0.3, -0.25) is 20.4 Å². The first-order chi connectivity index (χ1) is 8.65. The molecule has 0 fully saturated rings. The monoisotopic (exact) mass is 254 g/mol. The molecule has 6 N–H and O–H groups in total. The molecule has 0 aliphatic heterocycles. The molecule has 0 aromatic heterocycles. The van der Waals surface area contributed by atoms with Crippen LogP contribution in [0.2, 0.25) is 0 Å². The molecule has 0 saturated heterocycles. The van der Waals surface area contributed by atoms with Gasteiger partial charge in [0.05, 0.1) is 0 Å². The highest BCUT2D eigenvalue weighted by atomic mass is 16.5. The first-order valence-electron chi connectivity index (χ1n) is 5.00. The van der Waals surface area contributed by atoms with E-state index in [0.29, 0.717) is 11.5 Å². The zero-order valence-electron chi connectivity index (χ0n) is 9.51. The number of ether oxygens (including phenoxy) is 2. The number of nitrogens with two attached hydrogens (primary N) is 2. The number of hydrazine groups is 2. The zero-order chi connectivity index (χ0) is 13.4. The summed E-state index contributed by atoms with van der Waals surface area (Å²) in [5.41, 5.74) is 3.88. The summed E-state index contributed by atoms with van der Waals surface area (Å²) in [6.45, 7) is -0.349. The van der Waals surface area contributed by atoms with E-state index < -0.39 is 11.8 Å². The minimum absolute atomic E-state index is 0.174. The Hall–Kier alpha value is -2.32. The van der Waals surface area contributed by atoms with Gasteiger partial charge in [0, 0.05) is 0 Å². The van der Waals surface area contributed by atoms with Crippen LogP contribution < -0.4 is 32.0 Å². The second kappa shape index (κ2) is 7.09. The Kier molecular flexibility index (Phi) is 5.42. The van der Waals surface area contributed by atoms with Crippen LogP contribution in [0, 0.1) is 0 Å². The molecule has 8 nitrogen and oxygen atoms in total. The molecule has 0 aliphatic carbocycles. The second-order valence-corrected chi connectivity index (χ2v) is 3.18. The largest absolute Gasteiger partial charge is 0.484 e. The molecular formula is C10H14N4O4. The number of carbonyl (C=O) groups is 2. The van der Waals surface area contributed by atoms with Crippen molar-refractivity contribution in [1.82, 2.24) is 10.9 Å². The number of hydrogen-bond acceptors (Lipinski definition) is 6. The number of rotatable bonds is 6. The number of benzene rings is 1. The van der Waals surface area contributed by atoms with Crippen LogP contribution in [0.25, 0.3) is 0 Å². The van der Waals surface area contributed by atoms with Gasteiger partial charge < -0.3 is 9.47 Å². The first-order valence-corrected chi connectivity index (χ1v) is 5.00. The number of nitrogens with one attached hydrogen (secondary N) is 2. The van der Waals surface area contributed by atoms with Gasteiger partial charge in [0.1, 0.15) is 11.5 Å². The van der Waals surface area contributed by atoms with Crippen LogP contribution in [0.5, 0.6) is 11.5 Å². The lowest BCUT2D eigenvalue weighted by Crippen LogP contribution is -2.34. The maximum absolute atomic E-state index is 10.8. The Bertz CT molecular complexity index is 368. The number of hydrogen-bond donors (Lipinski definition) is 4. The summed E-state index contributed by atoms with van der Waals surface area (Å²) in [6, 6.07) is 6.39. The van der Waals surface area contributed by atoms with E-state index in [4.69, 9.17) is 21.2 Å². The normalized spacial score (nSPS) is 9.44. The van der Waals surface area contributed by atoms with E-state index in [1.165, 1.54) is 0 Å². The predicted octanol–water partition coefficient (Wildman–Crippen LogP) is -1.58. The minimum atomic E-state index is -0.435. The van der Waals surface area contributed by atoms with Crippen molar-refractivity contribution in [2.24, 2.45) is 11.7 Å². The summed E-state index contributed by atoms with van der Waals surface area (Å²) >= 11 is 0. The topological polar surface area (TPSA) is 129 Å². The molecule has 0 spiro atoms. The van der Waals surface area contributed by atoms with Crippen LogP contribution >= 0.6 is 0 Å². The third-order valence-corrected chi connectivity index (χ3v) is 1.89. The molecule has 0 unspecified atom stereocenters. The average Bonchev–Trinajstić information content (AvgIpc) is 2.43. The fourth-order valence-corrected chi connectivity index (χ4v) is 1.01. The lowest BCUT2D eigenvalue weighted by molar-refractivity contribution is -0.123. The van der Waals surface area contributed by atoms with E-state index in [0.717, 1.165) is 0 Å². The van der Waals surface area contributed by atoms with Crippen molar-refractivity contribution in [3.05, 3.63) is 24.3 Å². The molecule has 1 aromatic carbocycles. The van der Waals surface area contributed by atoms with Crippen molar-refractivity contribution in [3.63, 3.8) is 0 Å². The molecule has 1 aromatic rings. The third kappa shape index (κ3) is 4.68. The fourth-order valence-electron chi connectivity index (χ4n) is 1.01. The highest BCUT2D eigenvalue weighted by Gasteiger charge is 2.02. The van der Waals surface area contributed by atoms with E-state index in [-0.39, 0.29) is 13.2 Å². The average molecular weight is 254 g/mol. The van der Waals surface area contributed by atoms with Crippen molar-refractivity contribution in [1.29, 1.82) is 0 Å². The van der Waals surface area contributed by atoms with Crippen molar-refractivity contribution in [2.75, 3.05) is 13.2 Å². The van der Waals surface area contributed by atoms with Gasteiger partial charge in [0.15, 0.2) is 13.2 Å². The summed E-state index contributed by atoms with van der Waals surface area (Å²) in [4.78, 5) is 21.6. The Morgan fingerprint density at radius 1 is 0.889 bits per heavy atom. The molecule has 2 amide bonds. The molecule has 0 aliphatic rings. The number of carbonyl (C=O) groups excluding carboxylic acids is 2. The van der Waals surface area contributed by atoms with Gasteiger partial charge in [0.2, 0.25) is 0 Å². The van der Waals surface area contributed by atoms with Crippen LogP contribution in [0.4, 0.5) is 0 Å². The van der Waals surface area contributed by atoms with Gasteiger partial charge in [-0.2, -0.15) is 0 Å². The van der Waals surface area contributed by atoms with E-state index in [1.54, 1.807) is 24.3 Å². The summed E-state index contributed by atoms with van der Waals surface area (Å²) in [5.74, 6) is 9.88. The lowest BCUT2D eigenvalue weighted by Gasteiger charge is -2.07. The summed E-state index contributed by atoms with van der Waals surface area (Å²) < 4.78 is 10.2. The summed E-state index contributed by atoms with van der Waals surface area (Å²) in [5, 5.41) is 0. The Balaban J connectivity index is 2.42. The van der Waals surface area contributed by atoms with Gasteiger partial charge >= 0.3 is 0 Å². The van der Waals surface area contributed by atoms with Crippen molar-refractivity contribution < 1.29 is 19.1 Å². The van der Waals surface area contributed by atoms with Crippen molar-refractivity contribution in [3.8, 4) is 11.5 Å². The van der Waals surface area contributed by atoms with Crippen molar-refractivity contribution in [2.45, 2.75) is 0 Å². The van der Waals surface area contributed by atoms with E-state index in [1.807, 2.05) is 10.9 Å². The highest BCUT2D eigenvalue weighted by Crippen LogP contribution is 2.17. The summed E-state index contributed by atoms with van der Waals surface area (Å²) in [7, 11) is 0. The second-order valence-electron chi connectivity index (χ2n) is 3.18. The molecule has 0 bridgehead atoms. The first kappa shape index (κ1) is 13.7. The Labute approximate surface area is 103 Å². The molecule has 18 heavy (non-hydrogen) atoms. The molecule has 0 atom stereocenters. The smallest absolute Gasteiger partial charge is 0.271 e. The molecule has 0 radical (unpaired) electrons. The quantitative estimate of drug-likeness (QED) is 0.275. The Morgan fingerprint density at radius 2 is 1.22 bits per heavy atom. The molecule has 1 rings (SSSR count). The van der Waals surface area contributed by atoms with Crippen LogP contribution in [-0.4, -0.2) is 25.0 Å². The predicted molar refractivity (Wildman–Crippen MR) is 62.1 cm³/mol. The fraction of sp³-hybridized carbons (Fsp3) is 0.200. The highest BCUT2D eigenvalue weighted by molar-refractivity contribution is 5.77. The van der Waals surface area contributed by atoms with Crippen LogP contribution in [0.15, 0.2) is 24.3 Å². The zero-order valence-corrected chi connectivity index (χ0v) is 9.51. The van der Waals surface area contributed by atoms with Crippen LogP contribution in [0.3, 0.4) is 0 Å². The SMILES string of the molecule is NNC(=O)COc1ccc(OCC(=O)NN)cc1. The van der Waals surface area contributed by atoms with Gasteiger partial charge in [-0.1, -0.05) is 0 Å². The van der Waals surface area contributed by atoms with E-state index in [2.05, 4.69) is 0 Å². The maximum Gasteiger partial charge on any atom is 0.271 e. The standard InChI is InChI=1S/C10H14N4O4/c11-13-9(15)5-17-7-1-2-8(4-3-7)18-6-10(16)14-12/h1-4H,5-6,11-12H2,(H,13,15)(H,14,16). The van der Waals surface area contributed by atoms with Gasteiger partial charge in [-0.15, -0.1) is 0 Å². The van der Waals surface area contributed by atoms with E-state index in [9.17, 15) is 9.59 Å². The molecular weight excluding hydrogens is 240 g/mol. The van der Waals surface area contributed by atoms with Crippen LogP contribution in [-0.2, 0) is 9.59 Å². The maximum atomic E-state index is 10.8. The Morgan fingerprint density at radius 3 is 1.50 bits per heavy atom. The van der Waals surface area contributed by atoms with Crippen LogP contribution in [0.1, 0.15) is 0 Å². The summed E-state index contributed by atoms with van der Waals surface area (Å²) in [6.07, 6.45) is 0. The van der Waals surface area contributed by atoms with Crippen molar-refractivity contribution >= 4 is 11.8 Å². The minimum Gasteiger partial charge on any atom is -0.484 e. The van der Waals surface area contributed by atoms with E-state index >= 15 is 0 Å². The third-order valence-electron chi connectivity index (χ3n) is 1.89. The molecule has 98 valence electrons.